The van der Waals surface area contributed by atoms with E-state index in [1.165, 1.54) is 11.4 Å². The van der Waals surface area contributed by atoms with E-state index in [0.717, 1.165) is 58.5 Å². The smallest absolute Gasteiger partial charge is 0.307 e. The summed E-state index contributed by atoms with van der Waals surface area (Å²) in [5.41, 5.74) is 2.38. The minimum Gasteiger partial charge on any atom is -0.481 e. The second kappa shape index (κ2) is 11.6. The van der Waals surface area contributed by atoms with Crippen molar-refractivity contribution in [2.75, 3.05) is 44.3 Å². The van der Waals surface area contributed by atoms with Crippen LogP contribution in [0.2, 0.25) is 0 Å². The van der Waals surface area contributed by atoms with Gasteiger partial charge in [-0.15, -0.1) is 0 Å². The van der Waals surface area contributed by atoms with Gasteiger partial charge in [-0.2, -0.15) is 0 Å². The zero-order valence-electron chi connectivity index (χ0n) is 17.1. The highest BCUT2D eigenvalue weighted by Crippen LogP contribution is 2.24. The first-order chi connectivity index (χ1) is 14.2. The molecule has 29 heavy (non-hydrogen) atoms. The fourth-order valence-electron chi connectivity index (χ4n) is 3.90. The molecule has 1 aliphatic heterocycles. The average molecular weight is 397 g/mol. The van der Waals surface area contributed by atoms with Crippen LogP contribution in [0.25, 0.3) is 0 Å². The van der Waals surface area contributed by atoms with E-state index in [4.69, 9.17) is 4.74 Å². The van der Waals surface area contributed by atoms with Crippen LogP contribution in [0, 0.1) is 5.92 Å². The maximum Gasteiger partial charge on any atom is 0.307 e. The Balaban J connectivity index is 1.36. The number of para-hydroxylation sites is 2. The predicted molar refractivity (Wildman–Crippen MR) is 117 cm³/mol. The lowest BCUT2D eigenvalue weighted by Crippen LogP contribution is -2.39. The van der Waals surface area contributed by atoms with Crippen LogP contribution in [0.3, 0.4) is 0 Å². The molecule has 0 bridgehead atoms. The van der Waals surface area contributed by atoms with Gasteiger partial charge in [-0.05, 0) is 56.5 Å². The van der Waals surface area contributed by atoms with Crippen molar-refractivity contribution in [3.8, 4) is 0 Å². The summed E-state index contributed by atoms with van der Waals surface area (Å²) in [7, 11) is 0. The Bertz CT molecular complexity index is 684. The highest BCUT2D eigenvalue weighted by atomic mass is 16.5. The molecule has 0 aromatic heterocycles. The van der Waals surface area contributed by atoms with Crippen LogP contribution in [0.5, 0.6) is 0 Å². The average Bonchev–Trinajstić information content (AvgIpc) is 2.77. The van der Waals surface area contributed by atoms with Crippen LogP contribution in [-0.4, -0.2) is 55.4 Å². The van der Waals surface area contributed by atoms with Gasteiger partial charge in [-0.1, -0.05) is 36.4 Å². The highest BCUT2D eigenvalue weighted by Gasteiger charge is 2.24. The summed E-state index contributed by atoms with van der Waals surface area (Å²) in [4.78, 5) is 15.7. The number of aliphatic carboxylic acids is 1. The molecule has 1 saturated heterocycles. The molecule has 0 spiro atoms. The number of hydrogen-bond acceptors (Lipinski definition) is 4. The molecule has 0 saturated carbocycles. The van der Waals surface area contributed by atoms with Crippen LogP contribution in [0.1, 0.15) is 25.7 Å². The van der Waals surface area contributed by atoms with E-state index < -0.39 is 5.97 Å². The van der Waals surface area contributed by atoms with E-state index >= 15 is 0 Å². The summed E-state index contributed by atoms with van der Waals surface area (Å²) in [6.45, 7) is 4.97. The topological polar surface area (TPSA) is 53.0 Å². The molecule has 0 unspecified atom stereocenters. The summed E-state index contributed by atoms with van der Waals surface area (Å²) in [6.07, 6.45) is 3.69. The van der Waals surface area contributed by atoms with Gasteiger partial charge < -0.3 is 19.6 Å². The monoisotopic (exact) mass is 396 g/mol. The van der Waals surface area contributed by atoms with Crippen molar-refractivity contribution in [3.63, 3.8) is 0 Å². The molecule has 2 aromatic carbocycles. The second-order valence-electron chi connectivity index (χ2n) is 7.62. The quantitative estimate of drug-likeness (QED) is 0.570. The molecule has 1 atom stereocenters. The van der Waals surface area contributed by atoms with Crippen molar-refractivity contribution in [3.05, 3.63) is 60.7 Å². The Morgan fingerprint density at radius 2 is 1.62 bits per heavy atom. The summed E-state index contributed by atoms with van der Waals surface area (Å²) < 4.78 is 5.85. The zero-order chi connectivity index (χ0) is 20.3. The van der Waals surface area contributed by atoms with E-state index in [-0.39, 0.29) is 5.92 Å². The third kappa shape index (κ3) is 6.87. The number of carbonyl (C=O) groups is 1. The predicted octanol–water partition coefficient (Wildman–Crippen LogP) is 4.42. The van der Waals surface area contributed by atoms with Gasteiger partial charge in [0, 0.05) is 44.2 Å². The van der Waals surface area contributed by atoms with Gasteiger partial charge in [0.25, 0.3) is 0 Å². The number of hydrogen-bond donors (Lipinski definition) is 1. The molecule has 0 radical (unpaired) electrons. The van der Waals surface area contributed by atoms with Crippen molar-refractivity contribution in [1.29, 1.82) is 0 Å². The number of carboxylic acid groups (broad SMARTS) is 1. The van der Waals surface area contributed by atoms with E-state index in [1.807, 2.05) is 12.1 Å². The number of likely N-dealkylation sites (tertiary alicyclic amines) is 1. The second-order valence-corrected chi connectivity index (χ2v) is 7.62. The van der Waals surface area contributed by atoms with Gasteiger partial charge in [-0.3, -0.25) is 4.79 Å². The fourth-order valence-corrected chi connectivity index (χ4v) is 3.90. The highest BCUT2D eigenvalue weighted by molar-refractivity contribution is 5.70. The molecule has 0 amide bonds. The van der Waals surface area contributed by atoms with Crippen molar-refractivity contribution in [2.45, 2.75) is 25.7 Å². The van der Waals surface area contributed by atoms with Gasteiger partial charge in [-0.25, -0.2) is 0 Å². The van der Waals surface area contributed by atoms with Crippen molar-refractivity contribution < 1.29 is 14.6 Å². The van der Waals surface area contributed by atoms with Crippen LogP contribution >= 0.6 is 0 Å². The number of benzene rings is 2. The lowest BCUT2D eigenvalue weighted by Gasteiger charge is -2.30. The molecule has 1 aliphatic rings. The van der Waals surface area contributed by atoms with Crippen molar-refractivity contribution in [1.82, 2.24) is 4.90 Å². The van der Waals surface area contributed by atoms with Gasteiger partial charge >= 0.3 is 5.97 Å². The molecule has 2 aromatic rings. The normalized spacial score (nSPS) is 17.2. The first-order valence-electron chi connectivity index (χ1n) is 10.6. The molecule has 156 valence electrons. The summed E-state index contributed by atoms with van der Waals surface area (Å²) in [6, 6.07) is 20.9. The number of anilines is 2. The van der Waals surface area contributed by atoms with Crippen LogP contribution in [0.15, 0.2) is 60.7 Å². The lowest BCUT2D eigenvalue weighted by molar-refractivity contribution is -0.143. The summed E-state index contributed by atoms with van der Waals surface area (Å²) >= 11 is 0. The minimum atomic E-state index is -0.660. The molecule has 1 heterocycles. The van der Waals surface area contributed by atoms with Crippen molar-refractivity contribution >= 4 is 17.3 Å². The molecular weight excluding hydrogens is 364 g/mol. The minimum absolute atomic E-state index is 0.202. The maximum atomic E-state index is 11.2. The van der Waals surface area contributed by atoms with Crippen LogP contribution in [-0.2, 0) is 9.53 Å². The number of ether oxygens (including phenoxy) is 1. The summed E-state index contributed by atoms with van der Waals surface area (Å²) in [5, 5.41) is 9.18. The van der Waals surface area contributed by atoms with E-state index in [9.17, 15) is 9.90 Å². The number of rotatable bonds is 11. The Morgan fingerprint density at radius 3 is 2.24 bits per heavy atom. The molecule has 1 fully saturated rings. The molecule has 3 rings (SSSR count). The number of nitrogens with zero attached hydrogens (tertiary/aromatic N) is 2. The van der Waals surface area contributed by atoms with Crippen LogP contribution in [0.4, 0.5) is 11.4 Å². The zero-order valence-corrected chi connectivity index (χ0v) is 17.1. The van der Waals surface area contributed by atoms with Crippen LogP contribution < -0.4 is 4.90 Å². The van der Waals surface area contributed by atoms with Gasteiger partial charge in [0.2, 0.25) is 0 Å². The van der Waals surface area contributed by atoms with E-state index in [1.54, 1.807) is 0 Å². The molecule has 5 nitrogen and oxygen atoms in total. The Kier molecular flexibility index (Phi) is 8.53. The molecular formula is C24H32N2O3. The number of carboxylic acids is 1. The van der Waals surface area contributed by atoms with Gasteiger partial charge in [0.1, 0.15) is 0 Å². The van der Waals surface area contributed by atoms with Crippen molar-refractivity contribution in [2.24, 2.45) is 5.92 Å². The Hall–Kier alpha value is -2.37. The Labute approximate surface area is 173 Å². The van der Waals surface area contributed by atoms with E-state index in [0.29, 0.717) is 6.54 Å². The SMILES string of the molecule is O=C(O)[C@@H]1CCCN(CCCOCCCN(c2ccccc2)c2ccccc2)C1. The summed E-state index contributed by atoms with van der Waals surface area (Å²) in [5.74, 6) is -0.862. The molecule has 0 aliphatic carbocycles. The van der Waals surface area contributed by atoms with Gasteiger partial charge in [0.05, 0.1) is 5.92 Å². The molecule has 5 heteroatoms. The third-order valence-corrected chi connectivity index (χ3v) is 5.42. The standard InChI is InChI=1S/C24H32N2O3/c27-24(28)21-10-7-15-25(20-21)16-8-18-29-19-9-17-26(22-11-3-1-4-12-22)23-13-5-2-6-14-23/h1-6,11-14,21H,7-10,15-20H2,(H,27,28)/t21-/m1/s1. The largest absolute Gasteiger partial charge is 0.481 e. The Morgan fingerprint density at radius 1 is 1.00 bits per heavy atom. The maximum absolute atomic E-state index is 11.2. The lowest BCUT2D eigenvalue weighted by atomic mass is 9.98. The van der Waals surface area contributed by atoms with Gasteiger partial charge in [0.15, 0.2) is 0 Å². The molecule has 1 N–H and O–H groups in total. The van der Waals surface area contributed by atoms with E-state index in [2.05, 4.69) is 58.3 Å². The first kappa shape index (κ1) is 21.3. The third-order valence-electron chi connectivity index (χ3n) is 5.42. The number of piperidine rings is 1. The fraction of sp³-hybridized carbons (Fsp3) is 0.458. The first-order valence-corrected chi connectivity index (χ1v) is 10.6.